The molecule has 2 rings (SSSR count). The maximum absolute atomic E-state index is 12.7. The van der Waals surface area contributed by atoms with Crippen molar-refractivity contribution in [2.45, 2.75) is 38.7 Å². The number of hydrogen-bond donors (Lipinski definition) is 0. The number of fused-ring (bicyclic) bond motifs is 1. The van der Waals surface area contributed by atoms with Crippen LogP contribution in [0.3, 0.4) is 0 Å². The first-order valence-electron chi connectivity index (χ1n) is 10.5. The van der Waals surface area contributed by atoms with Gasteiger partial charge in [0.25, 0.3) is 0 Å². The SMILES string of the molecule is CCCCCC(CN(C)[P+](On1nnc2ccccc21)(N(C)C)N(C)C)OP(=O)(OF)OF. The average Bonchev–Trinajstić information content (AvgIpc) is 3.19. The number of halogens is 2. The minimum atomic E-state index is -4.97. The molecule has 0 saturated carbocycles. The Labute approximate surface area is 193 Å². The summed E-state index contributed by atoms with van der Waals surface area (Å²) in [6.45, 7) is 2.13. The lowest BCUT2D eigenvalue weighted by atomic mass is 10.1. The minimum Gasteiger partial charge on any atom is -0.279 e. The summed E-state index contributed by atoms with van der Waals surface area (Å²) in [5.41, 5.74) is 1.34. The summed E-state index contributed by atoms with van der Waals surface area (Å²) in [6.07, 6.45) is 1.99. The van der Waals surface area contributed by atoms with Crippen molar-refractivity contribution in [3.05, 3.63) is 24.3 Å². The van der Waals surface area contributed by atoms with Crippen molar-refractivity contribution in [1.29, 1.82) is 0 Å². The number of benzene rings is 1. The first kappa shape index (κ1) is 27.9. The van der Waals surface area contributed by atoms with Crippen LogP contribution in [0.15, 0.2) is 24.3 Å². The zero-order valence-corrected chi connectivity index (χ0v) is 21.6. The maximum atomic E-state index is 12.7. The lowest BCUT2D eigenvalue weighted by Gasteiger charge is -2.38. The van der Waals surface area contributed by atoms with E-state index in [9.17, 15) is 13.6 Å². The van der Waals surface area contributed by atoms with E-state index in [2.05, 4.69) is 19.8 Å². The number of unbranched alkanes of at least 4 members (excludes halogenated alkanes) is 2. The van der Waals surface area contributed by atoms with Crippen LogP contribution in [0.4, 0.5) is 9.05 Å². The second-order valence-corrected chi connectivity index (χ2v) is 12.7. The number of para-hydroxylation sites is 1. The van der Waals surface area contributed by atoms with E-state index >= 15 is 0 Å². The molecular weight excluding hydrogens is 480 g/mol. The summed E-state index contributed by atoms with van der Waals surface area (Å²) in [5, 5.41) is 8.26. The smallest absolute Gasteiger partial charge is 0.279 e. The molecule has 0 spiro atoms. The molecule has 33 heavy (non-hydrogen) atoms. The van der Waals surface area contributed by atoms with Gasteiger partial charge in [-0.2, -0.15) is 4.62 Å². The van der Waals surface area contributed by atoms with Crippen molar-refractivity contribution in [3.8, 4) is 0 Å². The van der Waals surface area contributed by atoms with Crippen LogP contribution in [0.25, 0.3) is 11.0 Å². The molecule has 0 amide bonds. The topological polar surface area (TPSA) is 94.4 Å². The van der Waals surface area contributed by atoms with Crippen molar-refractivity contribution >= 4 is 26.8 Å². The molecule has 1 heterocycles. The zero-order chi connectivity index (χ0) is 24.6. The molecule has 0 fully saturated rings. The second kappa shape index (κ2) is 12.4. The van der Waals surface area contributed by atoms with Gasteiger partial charge in [-0.1, -0.05) is 47.8 Å². The van der Waals surface area contributed by atoms with Gasteiger partial charge in [0, 0.05) is 35.2 Å². The van der Waals surface area contributed by atoms with Crippen LogP contribution in [0.2, 0.25) is 0 Å². The van der Waals surface area contributed by atoms with Crippen LogP contribution in [-0.2, 0) is 18.5 Å². The van der Waals surface area contributed by atoms with Crippen LogP contribution in [-0.4, -0.2) is 77.1 Å². The third kappa shape index (κ3) is 6.64. The molecule has 0 bridgehead atoms. The monoisotopic (exact) mass is 513 g/mol. The van der Waals surface area contributed by atoms with Gasteiger partial charge in [0.1, 0.15) is 11.0 Å². The molecule has 11 nitrogen and oxygen atoms in total. The van der Waals surface area contributed by atoms with E-state index in [1.54, 1.807) is 7.05 Å². The fourth-order valence-electron chi connectivity index (χ4n) is 3.61. The van der Waals surface area contributed by atoms with Crippen LogP contribution < -0.4 is 4.62 Å². The van der Waals surface area contributed by atoms with Crippen LogP contribution in [0.1, 0.15) is 32.6 Å². The van der Waals surface area contributed by atoms with Gasteiger partial charge in [-0.25, -0.2) is 4.57 Å². The van der Waals surface area contributed by atoms with E-state index in [0.717, 1.165) is 12.8 Å². The van der Waals surface area contributed by atoms with Crippen molar-refractivity contribution < 1.29 is 32.2 Å². The zero-order valence-electron chi connectivity index (χ0n) is 19.8. The van der Waals surface area contributed by atoms with Crippen LogP contribution >= 0.6 is 15.8 Å². The quantitative estimate of drug-likeness (QED) is 0.251. The molecule has 1 unspecified atom stereocenters. The normalized spacial score (nSPS) is 14.0. The summed E-state index contributed by atoms with van der Waals surface area (Å²) in [6, 6.07) is 7.35. The predicted molar refractivity (Wildman–Crippen MR) is 122 cm³/mol. The molecule has 0 N–H and O–H groups in total. The number of nitrogens with zero attached hydrogens (tertiary/aromatic N) is 6. The molecule has 15 heteroatoms. The van der Waals surface area contributed by atoms with E-state index in [1.807, 2.05) is 73.4 Å². The molecule has 0 aliphatic heterocycles. The van der Waals surface area contributed by atoms with E-state index in [4.69, 9.17) is 9.15 Å². The van der Waals surface area contributed by atoms with Gasteiger partial charge in [0.15, 0.2) is 0 Å². The largest absolute Gasteiger partial charge is 0.537 e. The van der Waals surface area contributed by atoms with Gasteiger partial charge < -0.3 is 0 Å². The highest BCUT2D eigenvalue weighted by atomic mass is 31.2. The number of aromatic nitrogens is 3. The molecule has 0 aliphatic rings. The number of likely N-dealkylation sites (N-methyl/N-ethyl adjacent to an activating group) is 1. The molecular formula is C18H33F2N6O5P2+. The molecule has 1 aromatic carbocycles. The summed E-state index contributed by atoms with van der Waals surface area (Å²) in [4.78, 5) is 1.35. The highest BCUT2D eigenvalue weighted by Gasteiger charge is 2.56. The molecule has 2 aromatic rings. The van der Waals surface area contributed by atoms with Crippen LogP contribution in [0.5, 0.6) is 0 Å². The van der Waals surface area contributed by atoms with E-state index in [-0.39, 0.29) is 6.54 Å². The first-order valence-corrected chi connectivity index (χ1v) is 13.5. The third-order valence-corrected chi connectivity index (χ3v) is 9.45. The van der Waals surface area contributed by atoms with Gasteiger partial charge >= 0.3 is 15.8 Å². The molecule has 1 atom stereocenters. The second-order valence-electron chi connectivity index (χ2n) is 7.89. The molecule has 0 saturated heterocycles. The molecule has 0 aliphatic carbocycles. The van der Waals surface area contributed by atoms with Gasteiger partial charge in [-0.3, -0.25) is 4.52 Å². The fraction of sp³-hybridized carbons (Fsp3) is 0.667. The molecule has 1 aromatic heterocycles. The molecule has 0 radical (unpaired) electrons. The van der Waals surface area contributed by atoms with E-state index in [0.29, 0.717) is 23.9 Å². The lowest BCUT2D eigenvalue weighted by molar-refractivity contribution is -0.126. The standard InChI is InChI=1S/C18H33F2N6O5P2/c1-7-8-9-12-16(28-33(27,29-19)30-20)15-25(6)32(23(2)3,24(4)5)31-26-18-14-11-10-13-17(18)21-22-26/h10-11,13-14,16H,7-9,12,15H2,1-6H3/q+1. The van der Waals surface area contributed by atoms with Gasteiger partial charge in [-0.05, 0) is 37.7 Å². The van der Waals surface area contributed by atoms with Gasteiger partial charge in [-0.15, -0.1) is 19.1 Å². The Morgan fingerprint density at radius 3 is 2.30 bits per heavy atom. The summed E-state index contributed by atoms with van der Waals surface area (Å²) in [7, 11) is 1.40. The highest BCUT2D eigenvalue weighted by Crippen LogP contribution is 2.63. The Hall–Kier alpha value is -1.30. The minimum absolute atomic E-state index is 0.108. The van der Waals surface area contributed by atoms with E-state index in [1.165, 1.54) is 4.85 Å². The summed E-state index contributed by atoms with van der Waals surface area (Å²) in [5.74, 6) is 0. The van der Waals surface area contributed by atoms with Crippen LogP contribution in [0, 0.1) is 0 Å². The Bertz CT molecular complexity index is 905. The average molecular weight is 513 g/mol. The van der Waals surface area contributed by atoms with Crippen molar-refractivity contribution in [3.63, 3.8) is 0 Å². The fourth-order valence-corrected chi connectivity index (χ4v) is 7.32. The molecule has 188 valence electrons. The number of phosphoric acid groups is 1. The Kier molecular flexibility index (Phi) is 10.5. The Morgan fingerprint density at radius 2 is 1.73 bits per heavy atom. The Balaban J connectivity index is 2.36. The van der Waals surface area contributed by atoms with Gasteiger partial charge in [0.05, 0.1) is 12.6 Å². The lowest BCUT2D eigenvalue weighted by Crippen LogP contribution is -2.46. The van der Waals surface area contributed by atoms with Gasteiger partial charge in [0.2, 0.25) is 0 Å². The predicted octanol–water partition coefficient (Wildman–Crippen LogP) is 4.47. The third-order valence-electron chi connectivity index (χ3n) is 5.04. The number of rotatable bonds is 15. The maximum Gasteiger partial charge on any atom is 0.537 e. The Morgan fingerprint density at radius 1 is 1.09 bits per heavy atom. The van der Waals surface area contributed by atoms with Crippen molar-refractivity contribution in [2.75, 3.05) is 41.8 Å². The summed E-state index contributed by atoms with van der Waals surface area (Å²) < 4.78 is 60.9. The van der Waals surface area contributed by atoms with Crippen molar-refractivity contribution in [1.82, 2.24) is 29.2 Å². The highest BCUT2D eigenvalue weighted by molar-refractivity contribution is 7.64. The number of hydrogen-bond acceptors (Lipinski definition) is 10. The van der Waals surface area contributed by atoms with E-state index < -0.39 is 21.9 Å². The first-order chi connectivity index (χ1) is 15.6. The summed E-state index contributed by atoms with van der Waals surface area (Å²) >= 11 is 0. The van der Waals surface area contributed by atoms with Crippen molar-refractivity contribution in [2.24, 2.45) is 0 Å².